The number of alkyl halides is 3. The van der Waals surface area contributed by atoms with Crippen LogP contribution in [0.3, 0.4) is 0 Å². The molecular weight excluding hydrogens is 357 g/mol. The van der Waals surface area contributed by atoms with Gasteiger partial charge in [-0.2, -0.15) is 28.2 Å². The van der Waals surface area contributed by atoms with Gasteiger partial charge in [0.05, 0.1) is 11.6 Å². The molecule has 0 aliphatic heterocycles. The Morgan fingerprint density at radius 2 is 1.81 bits per heavy atom. The first-order valence-corrected chi connectivity index (χ1v) is 8.57. The first-order valence-electron chi connectivity index (χ1n) is 8.57. The second-order valence-corrected chi connectivity index (χ2v) is 6.50. The molecule has 0 fully saturated rings. The predicted molar refractivity (Wildman–Crippen MR) is 98.8 cm³/mol. The molecule has 0 amide bonds. The van der Waals surface area contributed by atoms with E-state index in [0.29, 0.717) is 17.6 Å². The lowest BCUT2D eigenvalue weighted by atomic mass is 10.0. The van der Waals surface area contributed by atoms with Crippen molar-refractivity contribution in [2.75, 3.05) is 17.2 Å². The van der Waals surface area contributed by atoms with Crippen molar-refractivity contribution in [3.05, 3.63) is 42.1 Å². The van der Waals surface area contributed by atoms with Gasteiger partial charge in [0.25, 0.3) is 0 Å². The monoisotopic (exact) mass is 378 g/mol. The van der Waals surface area contributed by atoms with E-state index in [1.807, 2.05) is 30.3 Å². The summed E-state index contributed by atoms with van der Waals surface area (Å²) in [7, 11) is 1.68. The van der Waals surface area contributed by atoms with Gasteiger partial charge < -0.3 is 10.6 Å². The zero-order valence-corrected chi connectivity index (χ0v) is 15.2. The Balaban J connectivity index is 1.84. The van der Waals surface area contributed by atoms with Crippen LogP contribution in [0.1, 0.15) is 25.3 Å². The number of hydrogen-bond donors (Lipinski definition) is 2. The SMILES string of the molecule is CC(CNc1nc(NC(C)C(F)(F)F)c2cnn(C)c2n1)c1ccccc1. The third kappa shape index (κ3) is 4.29. The van der Waals surface area contributed by atoms with Crippen molar-refractivity contribution in [3.63, 3.8) is 0 Å². The second kappa shape index (κ2) is 7.42. The molecule has 0 aliphatic rings. The molecule has 9 heteroatoms. The van der Waals surface area contributed by atoms with Gasteiger partial charge in [-0.05, 0) is 18.4 Å². The van der Waals surface area contributed by atoms with Crippen LogP contribution in [0.4, 0.5) is 24.9 Å². The standard InChI is InChI=1S/C18H21F3N6/c1-11(13-7-5-4-6-8-13)9-22-17-25-15(24-12(2)18(19,20)21)14-10-23-27(3)16(14)26-17/h4-8,10-12H,9H2,1-3H3,(H2,22,24,25,26). The van der Waals surface area contributed by atoms with Crippen molar-refractivity contribution in [3.8, 4) is 0 Å². The number of halogens is 3. The van der Waals surface area contributed by atoms with Crippen molar-refractivity contribution >= 4 is 22.8 Å². The first kappa shape index (κ1) is 18.9. The molecule has 0 saturated heterocycles. The number of aryl methyl sites for hydroxylation is 1. The summed E-state index contributed by atoms with van der Waals surface area (Å²) in [6.07, 6.45) is -2.92. The van der Waals surface area contributed by atoms with Gasteiger partial charge in [-0.1, -0.05) is 37.3 Å². The summed E-state index contributed by atoms with van der Waals surface area (Å²) in [4.78, 5) is 8.63. The summed E-state index contributed by atoms with van der Waals surface area (Å²) in [5.41, 5.74) is 1.60. The van der Waals surface area contributed by atoms with E-state index in [1.165, 1.54) is 10.9 Å². The van der Waals surface area contributed by atoms with Crippen LogP contribution in [0.5, 0.6) is 0 Å². The summed E-state index contributed by atoms with van der Waals surface area (Å²) in [5, 5.41) is 10.1. The summed E-state index contributed by atoms with van der Waals surface area (Å²) in [5.74, 6) is 0.543. The van der Waals surface area contributed by atoms with Crippen molar-refractivity contribution in [2.24, 2.45) is 7.05 Å². The number of nitrogens with one attached hydrogen (secondary N) is 2. The number of anilines is 2. The molecule has 2 N–H and O–H groups in total. The second-order valence-electron chi connectivity index (χ2n) is 6.50. The third-order valence-electron chi connectivity index (χ3n) is 4.37. The molecule has 0 bridgehead atoms. The third-order valence-corrected chi connectivity index (χ3v) is 4.37. The maximum Gasteiger partial charge on any atom is 0.408 e. The Morgan fingerprint density at radius 3 is 2.48 bits per heavy atom. The van der Waals surface area contributed by atoms with Crippen LogP contribution < -0.4 is 10.6 Å². The van der Waals surface area contributed by atoms with Crippen LogP contribution in [0.15, 0.2) is 36.5 Å². The molecule has 0 radical (unpaired) electrons. The van der Waals surface area contributed by atoms with E-state index >= 15 is 0 Å². The van der Waals surface area contributed by atoms with Crippen molar-refractivity contribution in [2.45, 2.75) is 32.0 Å². The zero-order chi connectivity index (χ0) is 19.6. The van der Waals surface area contributed by atoms with E-state index < -0.39 is 12.2 Å². The fraction of sp³-hybridized carbons (Fsp3) is 0.389. The molecule has 27 heavy (non-hydrogen) atoms. The quantitative estimate of drug-likeness (QED) is 0.680. The maximum absolute atomic E-state index is 12.9. The lowest BCUT2D eigenvalue weighted by molar-refractivity contribution is -0.138. The van der Waals surface area contributed by atoms with Crippen molar-refractivity contribution < 1.29 is 13.2 Å². The Morgan fingerprint density at radius 1 is 1.11 bits per heavy atom. The van der Waals surface area contributed by atoms with Crippen LogP contribution >= 0.6 is 0 Å². The van der Waals surface area contributed by atoms with Crippen molar-refractivity contribution in [1.82, 2.24) is 19.7 Å². The number of rotatable bonds is 6. The number of aromatic nitrogens is 4. The van der Waals surface area contributed by atoms with Crippen LogP contribution in [0, 0.1) is 0 Å². The zero-order valence-electron chi connectivity index (χ0n) is 15.2. The van der Waals surface area contributed by atoms with Gasteiger partial charge in [0, 0.05) is 13.6 Å². The molecule has 2 aromatic heterocycles. The molecule has 144 valence electrons. The Bertz CT molecular complexity index is 907. The lowest BCUT2D eigenvalue weighted by Gasteiger charge is -2.19. The van der Waals surface area contributed by atoms with E-state index in [0.717, 1.165) is 12.5 Å². The highest BCUT2D eigenvalue weighted by Gasteiger charge is 2.36. The number of nitrogens with zero attached hydrogens (tertiary/aromatic N) is 4. The highest BCUT2D eigenvalue weighted by atomic mass is 19.4. The molecule has 0 saturated carbocycles. The van der Waals surface area contributed by atoms with Crippen LogP contribution in [0.2, 0.25) is 0 Å². The van der Waals surface area contributed by atoms with Crippen LogP contribution in [-0.2, 0) is 7.05 Å². The van der Waals surface area contributed by atoms with Gasteiger partial charge in [-0.3, -0.25) is 4.68 Å². The van der Waals surface area contributed by atoms with E-state index in [4.69, 9.17) is 0 Å². The predicted octanol–water partition coefficient (Wildman–Crippen LogP) is 3.94. The van der Waals surface area contributed by atoms with Gasteiger partial charge >= 0.3 is 6.18 Å². The van der Waals surface area contributed by atoms with Crippen molar-refractivity contribution in [1.29, 1.82) is 0 Å². The van der Waals surface area contributed by atoms with Gasteiger partial charge in [-0.25, -0.2) is 0 Å². The number of fused-ring (bicyclic) bond motifs is 1. The van der Waals surface area contributed by atoms with Crippen LogP contribution in [-0.4, -0.2) is 38.5 Å². The Labute approximate surface area is 154 Å². The van der Waals surface area contributed by atoms with Gasteiger partial charge in [0.1, 0.15) is 11.9 Å². The molecule has 3 aromatic rings. The number of hydrogen-bond acceptors (Lipinski definition) is 5. The van der Waals surface area contributed by atoms with Gasteiger partial charge in [0.2, 0.25) is 5.95 Å². The topological polar surface area (TPSA) is 67.7 Å². The van der Waals surface area contributed by atoms with E-state index in [1.54, 1.807) is 7.05 Å². The summed E-state index contributed by atoms with van der Waals surface area (Å²) >= 11 is 0. The molecule has 3 rings (SSSR count). The lowest BCUT2D eigenvalue weighted by Crippen LogP contribution is -2.33. The number of benzene rings is 1. The summed E-state index contributed by atoms with van der Waals surface area (Å²) in [6.45, 7) is 3.65. The highest BCUT2D eigenvalue weighted by molar-refractivity contribution is 5.87. The van der Waals surface area contributed by atoms with E-state index in [2.05, 4.69) is 32.6 Å². The largest absolute Gasteiger partial charge is 0.408 e. The molecule has 2 atom stereocenters. The van der Waals surface area contributed by atoms with E-state index in [9.17, 15) is 13.2 Å². The van der Waals surface area contributed by atoms with Crippen LogP contribution in [0.25, 0.3) is 11.0 Å². The minimum atomic E-state index is -4.38. The van der Waals surface area contributed by atoms with Gasteiger partial charge in [-0.15, -0.1) is 0 Å². The molecular formula is C18H21F3N6. The molecule has 6 nitrogen and oxygen atoms in total. The Hall–Kier alpha value is -2.84. The molecule has 2 heterocycles. The fourth-order valence-corrected chi connectivity index (χ4v) is 2.64. The molecule has 1 aromatic carbocycles. The fourth-order valence-electron chi connectivity index (χ4n) is 2.64. The summed E-state index contributed by atoms with van der Waals surface area (Å²) < 4.78 is 40.3. The van der Waals surface area contributed by atoms with E-state index in [-0.39, 0.29) is 17.7 Å². The smallest absolute Gasteiger partial charge is 0.358 e. The average molecular weight is 378 g/mol. The van der Waals surface area contributed by atoms with Gasteiger partial charge in [0.15, 0.2) is 5.65 Å². The minimum absolute atomic E-state index is 0.104. The maximum atomic E-state index is 12.9. The molecule has 0 spiro atoms. The summed E-state index contributed by atoms with van der Waals surface area (Å²) in [6, 6.07) is 8.18. The normalized spacial score (nSPS) is 14.1. The average Bonchev–Trinajstić information content (AvgIpc) is 3.01. The first-order chi connectivity index (χ1) is 12.8. The molecule has 2 unspecified atom stereocenters. The highest BCUT2D eigenvalue weighted by Crippen LogP contribution is 2.27. The molecule has 0 aliphatic carbocycles. The Kier molecular flexibility index (Phi) is 5.20. The minimum Gasteiger partial charge on any atom is -0.358 e.